The largest absolute Gasteiger partial charge is 0.350 e. The molecule has 92 valence electrons. The molecule has 0 aromatic heterocycles. The zero-order valence-electron chi connectivity index (χ0n) is 10.3. The van der Waals surface area contributed by atoms with E-state index in [1.165, 1.54) is 6.20 Å². The molecule has 0 aliphatic carbocycles. The summed E-state index contributed by atoms with van der Waals surface area (Å²) in [6.45, 7) is 5.92. The van der Waals surface area contributed by atoms with Crippen molar-refractivity contribution in [2.24, 2.45) is 5.18 Å². The fraction of sp³-hybridized carbons (Fsp3) is 0.417. The van der Waals surface area contributed by atoms with Crippen LogP contribution in [0.2, 0.25) is 0 Å². The number of carbonyl (C=O) groups is 1. The summed E-state index contributed by atoms with van der Waals surface area (Å²) in [5.41, 5.74) is 0.339. The molecule has 1 aliphatic heterocycles. The first-order valence-corrected chi connectivity index (χ1v) is 5.37. The van der Waals surface area contributed by atoms with Crippen LogP contribution in [0.4, 0.5) is 0 Å². The summed E-state index contributed by atoms with van der Waals surface area (Å²) < 4.78 is 0. The van der Waals surface area contributed by atoms with Crippen LogP contribution in [0.3, 0.4) is 0 Å². The highest BCUT2D eigenvalue weighted by Gasteiger charge is 2.17. The van der Waals surface area contributed by atoms with E-state index in [-0.39, 0.29) is 18.0 Å². The molecule has 1 amide bonds. The zero-order valence-corrected chi connectivity index (χ0v) is 10.3. The highest BCUT2D eigenvalue weighted by atomic mass is 16.2. The van der Waals surface area contributed by atoms with Crippen molar-refractivity contribution >= 4 is 5.91 Å². The van der Waals surface area contributed by atoms with Gasteiger partial charge in [0.25, 0.3) is 0 Å². The molecule has 17 heavy (non-hydrogen) atoms. The molecular weight excluding hydrogens is 218 g/mol. The normalized spacial score (nSPS) is 17.4. The van der Waals surface area contributed by atoms with Crippen LogP contribution in [0.5, 0.6) is 0 Å². The number of nitrogens with zero attached hydrogens (tertiary/aromatic N) is 2. The SMILES string of the molecule is CC(C)(C)NC(=O)CN1C=CC=CC1=CN=O. The Hall–Kier alpha value is -1.91. The van der Waals surface area contributed by atoms with Gasteiger partial charge < -0.3 is 10.2 Å². The summed E-state index contributed by atoms with van der Waals surface area (Å²) >= 11 is 0. The Bertz CT molecular complexity index is 389. The van der Waals surface area contributed by atoms with Crippen LogP contribution >= 0.6 is 0 Å². The molecule has 0 saturated heterocycles. The van der Waals surface area contributed by atoms with E-state index in [9.17, 15) is 9.70 Å². The number of hydrogen-bond donors (Lipinski definition) is 1. The predicted octanol–water partition coefficient (Wildman–Crippen LogP) is 1.89. The minimum atomic E-state index is -0.265. The molecule has 1 rings (SSSR count). The Labute approximate surface area is 101 Å². The lowest BCUT2D eigenvalue weighted by Gasteiger charge is -2.26. The first-order valence-electron chi connectivity index (χ1n) is 5.37. The molecule has 1 aliphatic rings. The van der Waals surface area contributed by atoms with Gasteiger partial charge in [0, 0.05) is 11.7 Å². The molecule has 5 nitrogen and oxygen atoms in total. The Morgan fingerprint density at radius 3 is 2.76 bits per heavy atom. The van der Waals surface area contributed by atoms with E-state index in [2.05, 4.69) is 10.5 Å². The van der Waals surface area contributed by atoms with Crippen molar-refractivity contribution in [2.75, 3.05) is 6.54 Å². The van der Waals surface area contributed by atoms with Crippen molar-refractivity contribution in [3.05, 3.63) is 41.2 Å². The van der Waals surface area contributed by atoms with Crippen molar-refractivity contribution in [1.29, 1.82) is 0 Å². The van der Waals surface area contributed by atoms with Crippen LogP contribution in [-0.2, 0) is 4.79 Å². The summed E-state index contributed by atoms with van der Waals surface area (Å²) in [5, 5.41) is 5.58. The van der Waals surface area contributed by atoms with Crippen LogP contribution in [0.25, 0.3) is 0 Å². The van der Waals surface area contributed by atoms with E-state index in [0.29, 0.717) is 5.70 Å². The summed E-state index contributed by atoms with van der Waals surface area (Å²) in [7, 11) is 0. The van der Waals surface area contributed by atoms with Gasteiger partial charge in [-0.15, -0.1) is 4.91 Å². The molecule has 0 aromatic rings. The van der Waals surface area contributed by atoms with Gasteiger partial charge in [-0.1, -0.05) is 6.08 Å². The van der Waals surface area contributed by atoms with Gasteiger partial charge in [-0.2, -0.15) is 0 Å². The first kappa shape index (κ1) is 13.2. The highest BCUT2D eigenvalue weighted by molar-refractivity contribution is 5.79. The lowest BCUT2D eigenvalue weighted by molar-refractivity contribution is -0.122. The summed E-state index contributed by atoms with van der Waals surface area (Å²) in [6.07, 6.45) is 8.23. The van der Waals surface area contributed by atoms with Crippen LogP contribution in [0.1, 0.15) is 20.8 Å². The average molecular weight is 235 g/mol. The van der Waals surface area contributed by atoms with Crippen molar-refractivity contribution in [2.45, 2.75) is 26.3 Å². The molecule has 0 aromatic carbocycles. The quantitative estimate of drug-likeness (QED) is 0.760. The van der Waals surface area contributed by atoms with E-state index >= 15 is 0 Å². The molecular formula is C12H17N3O2. The lowest BCUT2D eigenvalue weighted by Crippen LogP contribution is -2.44. The van der Waals surface area contributed by atoms with Gasteiger partial charge in [0.15, 0.2) is 0 Å². The first-order chi connectivity index (χ1) is 7.92. The van der Waals surface area contributed by atoms with Crippen molar-refractivity contribution in [3.63, 3.8) is 0 Å². The van der Waals surface area contributed by atoms with Crippen molar-refractivity contribution in [3.8, 4) is 0 Å². The lowest BCUT2D eigenvalue weighted by atomic mass is 10.1. The van der Waals surface area contributed by atoms with Gasteiger partial charge in [-0.05, 0) is 38.1 Å². The van der Waals surface area contributed by atoms with Crippen molar-refractivity contribution in [1.82, 2.24) is 10.2 Å². The smallest absolute Gasteiger partial charge is 0.240 e. The van der Waals surface area contributed by atoms with Crippen LogP contribution in [-0.4, -0.2) is 22.9 Å². The Morgan fingerprint density at radius 1 is 1.47 bits per heavy atom. The molecule has 0 bridgehead atoms. The average Bonchev–Trinajstić information content (AvgIpc) is 2.18. The van der Waals surface area contributed by atoms with Crippen molar-refractivity contribution < 1.29 is 4.79 Å². The fourth-order valence-corrected chi connectivity index (χ4v) is 1.42. The van der Waals surface area contributed by atoms with Gasteiger partial charge in [0.2, 0.25) is 5.91 Å². The van der Waals surface area contributed by atoms with E-state index in [0.717, 1.165) is 0 Å². The van der Waals surface area contributed by atoms with E-state index in [4.69, 9.17) is 0 Å². The number of rotatable bonds is 3. The van der Waals surface area contributed by atoms with E-state index < -0.39 is 0 Å². The Morgan fingerprint density at radius 2 is 2.18 bits per heavy atom. The van der Waals surface area contributed by atoms with E-state index in [1.54, 1.807) is 29.3 Å². The second-order valence-electron chi connectivity index (χ2n) is 4.79. The number of nitroso groups, excluding NO2 is 1. The number of hydrogen-bond acceptors (Lipinski definition) is 4. The van der Waals surface area contributed by atoms with Gasteiger partial charge in [-0.3, -0.25) is 4.79 Å². The molecule has 0 unspecified atom stereocenters. The Kier molecular flexibility index (Phi) is 4.20. The fourth-order valence-electron chi connectivity index (χ4n) is 1.42. The second-order valence-corrected chi connectivity index (χ2v) is 4.79. The molecule has 1 heterocycles. The number of allylic oxidation sites excluding steroid dienone is 3. The molecule has 0 atom stereocenters. The zero-order chi connectivity index (χ0) is 12.9. The third-order valence-corrected chi connectivity index (χ3v) is 1.99. The number of carbonyl (C=O) groups excluding carboxylic acids is 1. The Balaban J connectivity index is 2.64. The van der Waals surface area contributed by atoms with Crippen LogP contribution in [0.15, 0.2) is 41.5 Å². The predicted molar refractivity (Wildman–Crippen MR) is 66.8 cm³/mol. The summed E-state index contributed by atoms with van der Waals surface area (Å²) in [6, 6.07) is 0. The topological polar surface area (TPSA) is 61.8 Å². The molecule has 5 heteroatoms. The van der Waals surface area contributed by atoms with Crippen LogP contribution in [0, 0.1) is 4.91 Å². The maximum Gasteiger partial charge on any atom is 0.240 e. The minimum Gasteiger partial charge on any atom is -0.350 e. The monoisotopic (exact) mass is 235 g/mol. The molecule has 0 spiro atoms. The third kappa shape index (κ3) is 4.63. The summed E-state index contributed by atoms with van der Waals surface area (Å²) in [5.74, 6) is -0.103. The molecule has 0 radical (unpaired) electrons. The maximum absolute atomic E-state index is 11.7. The van der Waals surface area contributed by atoms with Gasteiger partial charge in [0.1, 0.15) is 6.54 Å². The van der Waals surface area contributed by atoms with Gasteiger partial charge >= 0.3 is 0 Å². The maximum atomic E-state index is 11.7. The third-order valence-electron chi connectivity index (χ3n) is 1.99. The van der Waals surface area contributed by atoms with E-state index in [1.807, 2.05) is 20.8 Å². The minimum absolute atomic E-state index is 0.103. The number of nitrogens with one attached hydrogen (secondary N) is 1. The molecule has 0 saturated carbocycles. The second kappa shape index (κ2) is 5.43. The molecule has 1 N–H and O–H groups in total. The highest BCUT2D eigenvalue weighted by Crippen LogP contribution is 2.12. The molecule has 0 fully saturated rings. The number of amides is 1. The van der Waals surface area contributed by atoms with Crippen LogP contribution < -0.4 is 5.32 Å². The summed E-state index contributed by atoms with van der Waals surface area (Å²) in [4.78, 5) is 23.6. The van der Waals surface area contributed by atoms with Gasteiger partial charge in [-0.25, -0.2) is 0 Å². The van der Waals surface area contributed by atoms with Gasteiger partial charge in [0.05, 0.1) is 11.9 Å². The standard InChI is InChI=1S/C12H17N3O2/c1-12(2,3)14-11(16)9-15-7-5-4-6-10(15)8-13-17/h4-8H,9H2,1-3H3,(H,14,16).